The van der Waals surface area contributed by atoms with Gasteiger partial charge in [0, 0.05) is 12.6 Å². The highest BCUT2D eigenvalue weighted by Crippen LogP contribution is 2.17. The van der Waals surface area contributed by atoms with Crippen molar-refractivity contribution in [3.8, 4) is 5.69 Å². The van der Waals surface area contributed by atoms with E-state index in [9.17, 15) is 14.4 Å². The molecule has 0 unspecified atom stereocenters. The quantitative estimate of drug-likeness (QED) is 0.670. The molecule has 0 aliphatic carbocycles. The normalized spacial score (nSPS) is 11.5. The summed E-state index contributed by atoms with van der Waals surface area (Å²) in [4.78, 5) is 43.2. The number of nitrogens with one attached hydrogen (secondary N) is 1. The molecule has 1 N–H and O–H groups in total. The second kappa shape index (κ2) is 8.33. The number of rotatable bonds is 5. The number of aryl methyl sites for hydroxylation is 2. The van der Waals surface area contributed by atoms with Crippen molar-refractivity contribution in [2.24, 2.45) is 0 Å². The van der Waals surface area contributed by atoms with Gasteiger partial charge in [-0.3, -0.25) is 19.0 Å². The van der Waals surface area contributed by atoms with E-state index in [4.69, 9.17) is 0 Å². The van der Waals surface area contributed by atoms with Gasteiger partial charge in [-0.15, -0.1) is 0 Å². The minimum absolute atomic E-state index is 0.0921. The highest BCUT2D eigenvalue weighted by molar-refractivity contribution is 5.85. The van der Waals surface area contributed by atoms with Gasteiger partial charge in [-0.1, -0.05) is 6.07 Å². The molecule has 9 nitrogen and oxygen atoms in total. The zero-order valence-electron chi connectivity index (χ0n) is 18.8. The Hall–Kier alpha value is -3.49. The van der Waals surface area contributed by atoms with Crippen molar-refractivity contribution in [2.75, 3.05) is 13.6 Å². The van der Waals surface area contributed by atoms with Gasteiger partial charge in [-0.2, -0.15) is 5.10 Å². The molecule has 0 saturated carbocycles. The Kier molecular flexibility index (Phi) is 5.97. The highest BCUT2D eigenvalue weighted by Gasteiger charge is 2.19. The van der Waals surface area contributed by atoms with Crippen molar-refractivity contribution in [3.63, 3.8) is 0 Å². The number of nitrogens with zero attached hydrogens (tertiary/aromatic N) is 5. The third-order valence-electron chi connectivity index (χ3n) is 4.63. The summed E-state index contributed by atoms with van der Waals surface area (Å²) in [6, 6.07) is 5.99. The molecule has 1 aromatic carbocycles. The number of hydrogen-bond acceptors (Lipinski definition) is 5. The Balaban J connectivity index is 1.81. The van der Waals surface area contributed by atoms with Crippen LogP contribution in [0.1, 0.15) is 31.9 Å². The fourth-order valence-corrected chi connectivity index (χ4v) is 3.35. The molecule has 0 aliphatic rings. The first-order valence-corrected chi connectivity index (χ1v) is 10.0. The molecule has 31 heavy (non-hydrogen) atoms. The van der Waals surface area contributed by atoms with Crippen LogP contribution in [-0.2, 0) is 16.1 Å². The average Bonchev–Trinajstić information content (AvgIpc) is 3.06. The molecule has 2 heterocycles. The second-order valence-corrected chi connectivity index (χ2v) is 8.87. The van der Waals surface area contributed by atoms with Crippen LogP contribution in [0.4, 0.5) is 0 Å². The van der Waals surface area contributed by atoms with Crippen LogP contribution < -0.4 is 10.9 Å². The largest absolute Gasteiger partial charge is 0.350 e. The van der Waals surface area contributed by atoms with Crippen LogP contribution in [0.3, 0.4) is 0 Å². The fraction of sp³-hybridized carbons (Fsp3) is 0.409. The number of carbonyl (C=O) groups excluding carboxylic acids is 2. The van der Waals surface area contributed by atoms with E-state index in [2.05, 4.69) is 21.5 Å². The molecule has 0 radical (unpaired) electrons. The Morgan fingerprint density at radius 2 is 1.77 bits per heavy atom. The summed E-state index contributed by atoms with van der Waals surface area (Å²) in [5, 5.41) is 7.46. The number of hydrogen-bond donors (Lipinski definition) is 1. The lowest BCUT2D eigenvalue weighted by Gasteiger charge is -2.23. The lowest BCUT2D eigenvalue weighted by atomic mass is 10.1. The Labute approximate surface area is 180 Å². The van der Waals surface area contributed by atoms with Gasteiger partial charge in [-0.25, -0.2) is 9.67 Å². The van der Waals surface area contributed by atoms with Gasteiger partial charge in [0.2, 0.25) is 11.8 Å². The Morgan fingerprint density at radius 3 is 2.39 bits per heavy atom. The van der Waals surface area contributed by atoms with Gasteiger partial charge in [0.1, 0.15) is 18.3 Å². The number of likely N-dealkylation sites (N-methyl/N-ethyl adjacent to an activating group) is 1. The summed E-state index contributed by atoms with van der Waals surface area (Å²) < 4.78 is 2.85. The number of benzene rings is 1. The first-order valence-electron chi connectivity index (χ1n) is 10.0. The van der Waals surface area contributed by atoms with Crippen LogP contribution in [0.15, 0.2) is 35.5 Å². The molecular weight excluding hydrogens is 396 g/mol. The van der Waals surface area contributed by atoms with E-state index in [-0.39, 0.29) is 36.0 Å². The zero-order chi connectivity index (χ0) is 22.9. The van der Waals surface area contributed by atoms with Gasteiger partial charge >= 0.3 is 0 Å². The molecule has 0 bridgehead atoms. The molecule has 0 atom stereocenters. The first kappa shape index (κ1) is 22.2. The van der Waals surface area contributed by atoms with Crippen LogP contribution in [0.25, 0.3) is 16.7 Å². The summed E-state index contributed by atoms with van der Waals surface area (Å²) in [5.74, 6) is -0.631. The van der Waals surface area contributed by atoms with Crippen molar-refractivity contribution < 1.29 is 9.59 Å². The molecule has 2 aromatic heterocycles. The van der Waals surface area contributed by atoms with Crippen LogP contribution >= 0.6 is 0 Å². The second-order valence-electron chi connectivity index (χ2n) is 8.87. The van der Waals surface area contributed by atoms with Gasteiger partial charge in [0.15, 0.2) is 5.65 Å². The monoisotopic (exact) mass is 424 g/mol. The lowest BCUT2D eigenvalue weighted by molar-refractivity contribution is -0.135. The van der Waals surface area contributed by atoms with Crippen molar-refractivity contribution >= 4 is 22.8 Å². The zero-order valence-corrected chi connectivity index (χ0v) is 18.8. The maximum Gasteiger partial charge on any atom is 0.264 e. The molecule has 3 rings (SSSR count). The van der Waals surface area contributed by atoms with E-state index < -0.39 is 0 Å². The molecule has 3 aromatic rings. The SMILES string of the molecule is Cc1cc(C)cc(-n2ncc3c(=O)n(CC(=O)N(C)CC(=O)NC(C)(C)C)cnc32)c1. The maximum atomic E-state index is 12.9. The van der Waals surface area contributed by atoms with E-state index in [1.54, 1.807) is 4.68 Å². The molecule has 164 valence electrons. The van der Waals surface area contributed by atoms with Crippen molar-refractivity contribution in [1.82, 2.24) is 29.5 Å². The molecular formula is C22H28N6O3. The molecule has 0 saturated heterocycles. The summed E-state index contributed by atoms with van der Waals surface area (Å²) in [5.41, 5.74) is 2.66. The van der Waals surface area contributed by atoms with E-state index >= 15 is 0 Å². The third kappa shape index (κ3) is 5.17. The molecule has 0 fully saturated rings. The summed E-state index contributed by atoms with van der Waals surface area (Å²) >= 11 is 0. The van der Waals surface area contributed by atoms with Gasteiger partial charge in [0.05, 0.1) is 18.4 Å². The van der Waals surface area contributed by atoms with Crippen LogP contribution in [0.5, 0.6) is 0 Å². The van der Waals surface area contributed by atoms with Gasteiger partial charge < -0.3 is 10.2 Å². The van der Waals surface area contributed by atoms with E-state index in [1.807, 2.05) is 46.8 Å². The average molecular weight is 425 g/mol. The third-order valence-corrected chi connectivity index (χ3v) is 4.63. The standard InChI is InChI=1S/C22H28N6O3/c1-14-7-15(2)9-16(8-14)28-20-17(10-24-28)21(31)27(13-23-20)12-19(30)26(6)11-18(29)25-22(3,4)5/h7-10,13H,11-12H2,1-6H3,(H,25,29). The predicted octanol–water partition coefficient (Wildman–Crippen LogP) is 1.57. The number of fused-ring (bicyclic) bond motifs is 1. The topological polar surface area (TPSA) is 102 Å². The predicted molar refractivity (Wildman–Crippen MR) is 118 cm³/mol. The van der Waals surface area contributed by atoms with Gasteiger partial charge in [-0.05, 0) is 57.9 Å². The maximum absolute atomic E-state index is 12.9. The van der Waals surface area contributed by atoms with Crippen LogP contribution in [-0.4, -0.2) is 55.2 Å². The van der Waals surface area contributed by atoms with E-state index in [0.717, 1.165) is 16.8 Å². The van der Waals surface area contributed by atoms with Crippen LogP contribution in [0, 0.1) is 13.8 Å². The Bertz CT molecular complexity index is 1180. The molecule has 9 heteroatoms. The highest BCUT2D eigenvalue weighted by atomic mass is 16.2. The number of aromatic nitrogens is 4. The van der Waals surface area contributed by atoms with Crippen LogP contribution in [0.2, 0.25) is 0 Å². The minimum atomic E-state index is -0.386. The smallest absolute Gasteiger partial charge is 0.264 e. The minimum Gasteiger partial charge on any atom is -0.350 e. The molecule has 0 aliphatic heterocycles. The first-order chi connectivity index (χ1) is 14.4. The van der Waals surface area contributed by atoms with Crippen molar-refractivity contribution in [1.29, 1.82) is 0 Å². The summed E-state index contributed by atoms with van der Waals surface area (Å²) in [7, 11) is 1.53. The van der Waals surface area contributed by atoms with Crippen molar-refractivity contribution in [2.45, 2.75) is 46.7 Å². The molecule has 2 amide bonds. The molecule has 0 spiro atoms. The van der Waals surface area contributed by atoms with Gasteiger partial charge in [0.25, 0.3) is 5.56 Å². The van der Waals surface area contributed by atoms with E-state index in [1.165, 1.54) is 29.0 Å². The number of amides is 2. The lowest BCUT2D eigenvalue weighted by Crippen LogP contribution is -2.47. The summed E-state index contributed by atoms with van der Waals surface area (Å²) in [6.07, 6.45) is 2.80. The Morgan fingerprint density at radius 1 is 1.13 bits per heavy atom. The summed E-state index contributed by atoms with van der Waals surface area (Å²) in [6.45, 7) is 9.28. The fourth-order valence-electron chi connectivity index (χ4n) is 3.35. The number of carbonyl (C=O) groups is 2. The van der Waals surface area contributed by atoms with E-state index in [0.29, 0.717) is 11.0 Å². The van der Waals surface area contributed by atoms with Crippen molar-refractivity contribution in [3.05, 3.63) is 52.2 Å².